The summed E-state index contributed by atoms with van der Waals surface area (Å²) in [6.07, 6.45) is 1.57. The van der Waals surface area contributed by atoms with Crippen molar-refractivity contribution in [3.05, 3.63) is 43.6 Å². The van der Waals surface area contributed by atoms with Gasteiger partial charge in [-0.25, -0.2) is 4.98 Å². The summed E-state index contributed by atoms with van der Waals surface area (Å²) in [5, 5.41) is 3.83. The molecule has 0 aliphatic carbocycles. The smallest absolute Gasteiger partial charge is 0.224 e. The third kappa shape index (κ3) is 3.31. The number of nitrogens with zero attached hydrogens (tertiary/aromatic N) is 2. The lowest BCUT2D eigenvalue weighted by molar-refractivity contribution is 1.15. The summed E-state index contributed by atoms with van der Waals surface area (Å²) >= 11 is 18.5. The van der Waals surface area contributed by atoms with Crippen LogP contribution in [0.2, 0.25) is 10.3 Å². The third-order valence-corrected chi connectivity index (χ3v) is 3.47. The Bertz CT molecular complexity index is 563. The molecular weight excluding hydrogens is 393 g/mol. The Hall–Kier alpha value is -0.360. The topological polar surface area (TPSA) is 37.8 Å². The molecule has 0 atom stereocenters. The second kappa shape index (κ2) is 5.52. The minimum Gasteiger partial charge on any atom is -0.338 e. The Balaban J connectivity index is 2.34. The van der Waals surface area contributed by atoms with Gasteiger partial charge in [0.1, 0.15) is 5.82 Å². The fraction of sp³-hybridized carbons (Fsp3) is 0. The highest BCUT2D eigenvalue weighted by molar-refractivity contribution is 9.10. The van der Waals surface area contributed by atoms with E-state index in [0.717, 1.165) is 10.2 Å². The predicted octanol–water partition coefficient (Wildman–Crippen LogP) is 5.05. The van der Waals surface area contributed by atoms with Crippen molar-refractivity contribution in [2.45, 2.75) is 0 Å². The van der Waals surface area contributed by atoms with Gasteiger partial charge in [-0.3, -0.25) is 0 Å². The van der Waals surface area contributed by atoms with Crippen LogP contribution in [-0.2, 0) is 0 Å². The van der Waals surface area contributed by atoms with Gasteiger partial charge in [0.05, 0.1) is 15.2 Å². The largest absolute Gasteiger partial charge is 0.338 e. The maximum atomic E-state index is 6.09. The second-order valence-corrected chi connectivity index (χ2v) is 5.60. The maximum absolute atomic E-state index is 6.09. The van der Waals surface area contributed by atoms with E-state index in [1.807, 2.05) is 12.1 Å². The first-order valence-electron chi connectivity index (χ1n) is 4.46. The Kier molecular flexibility index (Phi) is 4.25. The number of hydrogen-bond donors (Lipinski definition) is 1. The Labute approximate surface area is 125 Å². The average molecular weight is 398 g/mol. The van der Waals surface area contributed by atoms with Gasteiger partial charge in [-0.15, -0.1) is 0 Å². The molecule has 0 amide bonds. The van der Waals surface area contributed by atoms with E-state index in [-0.39, 0.29) is 5.28 Å². The van der Waals surface area contributed by atoms with Gasteiger partial charge in [-0.05, 0) is 45.7 Å². The molecule has 2 rings (SSSR count). The molecule has 0 saturated heterocycles. The first-order valence-corrected chi connectivity index (χ1v) is 6.80. The SMILES string of the molecule is Clc1ncc(Br)c(Nc2ccc(Br)cc2Cl)n1. The molecule has 1 aromatic heterocycles. The molecule has 0 aliphatic heterocycles. The van der Waals surface area contributed by atoms with E-state index in [4.69, 9.17) is 23.2 Å². The van der Waals surface area contributed by atoms with Gasteiger partial charge in [0.25, 0.3) is 0 Å². The highest BCUT2D eigenvalue weighted by Crippen LogP contribution is 2.30. The average Bonchev–Trinajstić information content (AvgIpc) is 2.27. The van der Waals surface area contributed by atoms with Crippen LogP contribution in [0, 0.1) is 0 Å². The fourth-order valence-corrected chi connectivity index (χ4v) is 2.30. The molecule has 88 valence electrons. The number of benzene rings is 1. The molecule has 0 fully saturated rings. The zero-order valence-electron chi connectivity index (χ0n) is 8.22. The summed E-state index contributed by atoms with van der Waals surface area (Å²) in [7, 11) is 0. The van der Waals surface area contributed by atoms with Crippen molar-refractivity contribution in [2.75, 3.05) is 5.32 Å². The molecule has 0 radical (unpaired) electrons. The molecule has 2 aromatic rings. The number of rotatable bonds is 2. The van der Waals surface area contributed by atoms with Crippen molar-refractivity contribution >= 4 is 66.6 Å². The molecule has 0 unspecified atom stereocenters. The monoisotopic (exact) mass is 395 g/mol. The van der Waals surface area contributed by atoms with Crippen LogP contribution >= 0.6 is 55.1 Å². The van der Waals surface area contributed by atoms with Crippen LogP contribution in [0.1, 0.15) is 0 Å². The first kappa shape index (κ1) is 13.1. The highest BCUT2D eigenvalue weighted by Gasteiger charge is 2.07. The van der Waals surface area contributed by atoms with Gasteiger partial charge >= 0.3 is 0 Å². The minimum atomic E-state index is 0.170. The molecule has 3 nitrogen and oxygen atoms in total. The number of halogens is 4. The van der Waals surface area contributed by atoms with E-state index >= 15 is 0 Å². The van der Waals surface area contributed by atoms with Crippen LogP contribution in [0.25, 0.3) is 0 Å². The number of hydrogen-bond acceptors (Lipinski definition) is 3. The first-order chi connectivity index (χ1) is 8.06. The van der Waals surface area contributed by atoms with Gasteiger partial charge in [0.15, 0.2) is 0 Å². The molecule has 1 aromatic carbocycles. The van der Waals surface area contributed by atoms with Crippen LogP contribution in [0.15, 0.2) is 33.3 Å². The molecule has 1 heterocycles. The number of anilines is 2. The van der Waals surface area contributed by atoms with Gasteiger partial charge in [0.2, 0.25) is 5.28 Å². The van der Waals surface area contributed by atoms with E-state index in [9.17, 15) is 0 Å². The summed E-state index contributed by atoms with van der Waals surface area (Å²) < 4.78 is 1.62. The Morgan fingerprint density at radius 1 is 1.18 bits per heavy atom. The van der Waals surface area contributed by atoms with Crippen LogP contribution in [-0.4, -0.2) is 9.97 Å². The lowest BCUT2D eigenvalue weighted by Gasteiger charge is -2.09. The summed E-state index contributed by atoms with van der Waals surface area (Å²) in [6.45, 7) is 0. The molecule has 7 heteroatoms. The van der Waals surface area contributed by atoms with Gasteiger partial charge in [-0.2, -0.15) is 4.98 Å². The number of nitrogens with one attached hydrogen (secondary N) is 1. The highest BCUT2D eigenvalue weighted by atomic mass is 79.9. The second-order valence-electron chi connectivity index (χ2n) is 3.08. The lowest BCUT2D eigenvalue weighted by atomic mass is 10.3. The van der Waals surface area contributed by atoms with E-state index in [2.05, 4.69) is 47.1 Å². The fourth-order valence-electron chi connectivity index (χ4n) is 1.15. The van der Waals surface area contributed by atoms with Gasteiger partial charge in [-0.1, -0.05) is 27.5 Å². The maximum Gasteiger partial charge on any atom is 0.224 e. The number of aromatic nitrogens is 2. The Morgan fingerprint density at radius 3 is 2.65 bits per heavy atom. The van der Waals surface area contributed by atoms with Gasteiger partial charge in [0, 0.05) is 10.7 Å². The molecule has 17 heavy (non-hydrogen) atoms. The van der Waals surface area contributed by atoms with Crippen molar-refractivity contribution < 1.29 is 0 Å². The molecule has 0 bridgehead atoms. The van der Waals surface area contributed by atoms with Crippen LogP contribution in [0.5, 0.6) is 0 Å². The molecule has 0 spiro atoms. The summed E-state index contributed by atoms with van der Waals surface area (Å²) in [5.41, 5.74) is 0.741. The zero-order valence-corrected chi connectivity index (χ0v) is 12.9. The van der Waals surface area contributed by atoms with E-state index in [1.165, 1.54) is 0 Å². The predicted molar refractivity (Wildman–Crippen MR) is 77.2 cm³/mol. The third-order valence-electron chi connectivity index (χ3n) is 1.90. The van der Waals surface area contributed by atoms with Crippen molar-refractivity contribution in [2.24, 2.45) is 0 Å². The van der Waals surface area contributed by atoms with E-state index in [1.54, 1.807) is 12.3 Å². The van der Waals surface area contributed by atoms with Crippen LogP contribution in [0.3, 0.4) is 0 Å². The molecule has 0 saturated carbocycles. The normalized spacial score (nSPS) is 10.4. The summed E-state index contributed by atoms with van der Waals surface area (Å²) in [4.78, 5) is 7.90. The van der Waals surface area contributed by atoms with E-state index in [0.29, 0.717) is 15.3 Å². The lowest BCUT2D eigenvalue weighted by Crippen LogP contribution is -1.97. The zero-order chi connectivity index (χ0) is 12.4. The van der Waals surface area contributed by atoms with Crippen molar-refractivity contribution in [1.29, 1.82) is 0 Å². The molecular formula is C10H5Br2Cl2N3. The van der Waals surface area contributed by atoms with Crippen molar-refractivity contribution in [3.8, 4) is 0 Å². The molecule has 1 N–H and O–H groups in total. The van der Waals surface area contributed by atoms with Gasteiger partial charge < -0.3 is 5.32 Å². The standard InChI is InChI=1S/C10H5Br2Cl2N3/c11-5-1-2-8(7(13)3-5)16-9-6(12)4-15-10(14)17-9/h1-4H,(H,15,16,17). The van der Waals surface area contributed by atoms with Crippen molar-refractivity contribution in [3.63, 3.8) is 0 Å². The Morgan fingerprint density at radius 2 is 1.94 bits per heavy atom. The minimum absolute atomic E-state index is 0.170. The quantitative estimate of drug-likeness (QED) is 0.720. The summed E-state index contributed by atoms with van der Waals surface area (Å²) in [5.74, 6) is 0.564. The molecule has 0 aliphatic rings. The van der Waals surface area contributed by atoms with Crippen molar-refractivity contribution in [1.82, 2.24) is 9.97 Å². The van der Waals surface area contributed by atoms with Crippen LogP contribution in [0.4, 0.5) is 11.5 Å². The summed E-state index contributed by atoms with van der Waals surface area (Å²) in [6, 6.07) is 5.51. The van der Waals surface area contributed by atoms with E-state index < -0.39 is 0 Å². The van der Waals surface area contributed by atoms with Crippen LogP contribution < -0.4 is 5.32 Å².